The maximum Gasteiger partial charge on any atom is 0.123 e. The Hall–Kier alpha value is -1.06. The van der Waals surface area contributed by atoms with Crippen molar-refractivity contribution in [2.45, 2.75) is 44.2 Å². The number of hydrogen-bond acceptors (Lipinski definition) is 3. The third-order valence-corrected chi connectivity index (χ3v) is 4.33. The van der Waals surface area contributed by atoms with Gasteiger partial charge in [-0.25, -0.2) is 0 Å². The lowest BCUT2D eigenvalue weighted by molar-refractivity contribution is -0.0286. The van der Waals surface area contributed by atoms with Gasteiger partial charge in [0.1, 0.15) is 12.4 Å². The number of β-amino-alcohol motifs (C(OH)–C–C–N with tert-alkyl or cyclic N) is 1. The molecule has 1 aliphatic heterocycles. The first-order valence-electron chi connectivity index (χ1n) is 7.41. The van der Waals surface area contributed by atoms with Crippen LogP contribution in [-0.2, 0) is 6.54 Å². The van der Waals surface area contributed by atoms with E-state index in [1.165, 1.54) is 12.0 Å². The fourth-order valence-electron chi connectivity index (χ4n) is 3.30. The van der Waals surface area contributed by atoms with Crippen LogP contribution in [0.15, 0.2) is 24.3 Å². The van der Waals surface area contributed by atoms with Crippen molar-refractivity contribution < 1.29 is 9.84 Å². The first kappa shape index (κ1) is 12.9. The molecular formula is C16H23NO2. The molecule has 2 aliphatic rings. The smallest absolute Gasteiger partial charge is 0.123 e. The predicted molar refractivity (Wildman–Crippen MR) is 75.2 cm³/mol. The van der Waals surface area contributed by atoms with Crippen molar-refractivity contribution in [2.75, 3.05) is 19.7 Å². The number of ether oxygens (including phenoxy) is 1. The van der Waals surface area contributed by atoms with Gasteiger partial charge in [-0.1, -0.05) is 37.5 Å². The summed E-state index contributed by atoms with van der Waals surface area (Å²) in [6.45, 7) is 3.28. The SMILES string of the molecule is OC1(CN2CCOc3ccccc3C2)CCCCC1. The largest absolute Gasteiger partial charge is 0.492 e. The molecule has 1 saturated carbocycles. The number of benzene rings is 1. The van der Waals surface area contributed by atoms with Gasteiger partial charge in [0.15, 0.2) is 0 Å². The zero-order valence-corrected chi connectivity index (χ0v) is 11.5. The van der Waals surface area contributed by atoms with Gasteiger partial charge in [-0.05, 0) is 18.9 Å². The van der Waals surface area contributed by atoms with E-state index in [-0.39, 0.29) is 0 Å². The number of nitrogens with zero attached hydrogens (tertiary/aromatic N) is 1. The molecule has 0 spiro atoms. The first-order chi connectivity index (χ1) is 9.25. The van der Waals surface area contributed by atoms with Gasteiger partial charge < -0.3 is 9.84 Å². The molecule has 0 saturated heterocycles. The molecule has 0 amide bonds. The maximum absolute atomic E-state index is 10.7. The molecule has 3 rings (SSSR count). The first-order valence-corrected chi connectivity index (χ1v) is 7.41. The van der Waals surface area contributed by atoms with Crippen LogP contribution in [0, 0.1) is 0 Å². The molecule has 19 heavy (non-hydrogen) atoms. The monoisotopic (exact) mass is 261 g/mol. The molecule has 1 fully saturated rings. The van der Waals surface area contributed by atoms with E-state index in [1.54, 1.807) is 0 Å². The quantitative estimate of drug-likeness (QED) is 0.888. The van der Waals surface area contributed by atoms with Crippen LogP contribution in [-0.4, -0.2) is 35.3 Å². The molecule has 104 valence electrons. The van der Waals surface area contributed by atoms with Gasteiger partial charge in [0.2, 0.25) is 0 Å². The molecule has 0 radical (unpaired) electrons. The summed E-state index contributed by atoms with van der Waals surface area (Å²) >= 11 is 0. The van der Waals surface area contributed by atoms with Crippen LogP contribution in [0.2, 0.25) is 0 Å². The minimum atomic E-state index is -0.475. The summed E-state index contributed by atoms with van der Waals surface area (Å²) in [5.74, 6) is 1.00. The number of aliphatic hydroxyl groups is 1. The molecular weight excluding hydrogens is 238 g/mol. The van der Waals surface area contributed by atoms with E-state index in [2.05, 4.69) is 17.0 Å². The summed E-state index contributed by atoms with van der Waals surface area (Å²) in [4.78, 5) is 2.34. The molecule has 1 aromatic carbocycles. The lowest BCUT2D eigenvalue weighted by Gasteiger charge is -2.36. The summed E-state index contributed by atoms with van der Waals surface area (Å²) in [5, 5.41) is 10.7. The van der Waals surface area contributed by atoms with Gasteiger partial charge in [-0.15, -0.1) is 0 Å². The Balaban J connectivity index is 1.69. The van der Waals surface area contributed by atoms with Crippen LogP contribution in [0.4, 0.5) is 0 Å². The molecule has 0 aromatic heterocycles. The topological polar surface area (TPSA) is 32.7 Å². The third kappa shape index (κ3) is 3.10. The summed E-state index contributed by atoms with van der Waals surface area (Å²) in [6, 6.07) is 8.23. The van der Waals surface area contributed by atoms with Crippen molar-refractivity contribution in [2.24, 2.45) is 0 Å². The molecule has 3 heteroatoms. The number of fused-ring (bicyclic) bond motifs is 1. The van der Waals surface area contributed by atoms with E-state index in [0.717, 1.165) is 51.1 Å². The molecule has 1 aromatic rings. The standard InChI is InChI=1S/C16H23NO2/c18-16(8-4-1-5-9-16)13-17-10-11-19-15-7-3-2-6-14(15)12-17/h2-3,6-7,18H,1,4-5,8-13H2. The zero-order valence-electron chi connectivity index (χ0n) is 11.5. The summed E-state index contributed by atoms with van der Waals surface area (Å²) in [5.41, 5.74) is 0.761. The van der Waals surface area contributed by atoms with Crippen molar-refractivity contribution in [3.63, 3.8) is 0 Å². The highest BCUT2D eigenvalue weighted by molar-refractivity contribution is 5.33. The Kier molecular flexibility index (Phi) is 3.76. The van der Waals surface area contributed by atoms with Crippen LogP contribution in [0.25, 0.3) is 0 Å². The Morgan fingerprint density at radius 2 is 1.95 bits per heavy atom. The molecule has 0 unspecified atom stereocenters. The Labute approximate surface area is 115 Å². The highest BCUT2D eigenvalue weighted by Crippen LogP contribution is 2.30. The highest BCUT2D eigenvalue weighted by Gasteiger charge is 2.32. The Morgan fingerprint density at radius 3 is 2.79 bits per heavy atom. The lowest BCUT2D eigenvalue weighted by atomic mass is 9.84. The minimum absolute atomic E-state index is 0.475. The summed E-state index contributed by atoms with van der Waals surface area (Å²) in [7, 11) is 0. The average Bonchev–Trinajstić information content (AvgIpc) is 2.60. The van der Waals surface area contributed by atoms with Gasteiger partial charge in [-0.3, -0.25) is 4.90 Å². The second-order valence-electron chi connectivity index (χ2n) is 5.95. The third-order valence-electron chi connectivity index (χ3n) is 4.33. The summed E-state index contributed by atoms with van der Waals surface area (Å²) < 4.78 is 5.78. The van der Waals surface area contributed by atoms with Crippen molar-refractivity contribution >= 4 is 0 Å². The molecule has 1 heterocycles. The van der Waals surface area contributed by atoms with Crippen LogP contribution in [0.1, 0.15) is 37.7 Å². The van der Waals surface area contributed by atoms with Crippen LogP contribution in [0.5, 0.6) is 5.75 Å². The predicted octanol–water partition coefficient (Wildman–Crippen LogP) is 2.58. The average molecular weight is 261 g/mol. The lowest BCUT2D eigenvalue weighted by Crippen LogP contribution is -2.44. The molecule has 1 N–H and O–H groups in total. The van der Waals surface area contributed by atoms with Gasteiger partial charge in [-0.2, -0.15) is 0 Å². The Bertz CT molecular complexity index is 427. The molecule has 0 bridgehead atoms. The summed E-state index contributed by atoms with van der Waals surface area (Å²) in [6.07, 6.45) is 5.50. The number of hydrogen-bond donors (Lipinski definition) is 1. The van der Waals surface area contributed by atoms with Crippen molar-refractivity contribution in [1.29, 1.82) is 0 Å². The van der Waals surface area contributed by atoms with Crippen molar-refractivity contribution in [3.05, 3.63) is 29.8 Å². The number of para-hydroxylation sites is 1. The highest BCUT2D eigenvalue weighted by atomic mass is 16.5. The van der Waals surface area contributed by atoms with Crippen LogP contribution in [0.3, 0.4) is 0 Å². The van der Waals surface area contributed by atoms with Crippen LogP contribution < -0.4 is 4.74 Å². The van der Waals surface area contributed by atoms with Gasteiger partial charge in [0.25, 0.3) is 0 Å². The minimum Gasteiger partial charge on any atom is -0.492 e. The van der Waals surface area contributed by atoms with E-state index in [4.69, 9.17) is 4.74 Å². The van der Waals surface area contributed by atoms with E-state index >= 15 is 0 Å². The van der Waals surface area contributed by atoms with E-state index in [9.17, 15) is 5.11 Å². The molecule has 1 aliphatic carbocycles. The fourth-order valence-corrected chi connectivity index (χ4v) is 3.30. The normalized spacial score (nSPS) is 23.2. The van der Waals surface area contributed by atoms with E-state index in [1.807, 2.05) is 12.1 Å². The second kappa shape index (κ2) is 5.51. The second-order valence-corrected chi connectivity index (χ2v) is 5.95. The zero-order chi connectivity index (χ0) is 13.1. The van der Waals surface area contributed by atoms with Gasteiger partial charge in [0, 0.05) is 25.2 Å². The van der Waals surface area contributed by atoms with Gasteiger partial charge in [0.05, 0.1) is 5.60 Å². The molecule has 3 nitrogen and oxygen atoms in total. The van der Waals surface area contributed by atoms with E-state index in [0.29, 0.717) is 6.61 Å². The maximum atomic E-state index is 10.7. The Morgan fingerprint density at radius 1 is 1.16 bits per heavy atom. The van der Waals surface area contributed by atoms with E-state index < -0.39 is 5.60 Å². The van der Waals surface area contributed by atoms with Gasteiger partial charge >= 0.3 is 0 Å². The van der Waals surface area contributed by atoms with Crippen molar-refractivity contribution in [3.8, 4) is 5.75 Å². The fraction of sp³-hybridized carbons (Fsp3) is 0.625. The molecule has 0 atom stereocenters. The number of rotatable bonds is 2. The van der Waals surface area contributed by atoms with Crippen LogP contribution >= 0.6 is 0 Å². The van der Waals surface area contributed by atoms with Crippen molar-refractivity contribution in [1.82, 2.24) is 4.90 Å².